The molecule has 9 heteroatoms. The van der Waals surface area contributed by atoms with Crippen LogP contribution in [0.3, 0.4) is 0 Å². The van der Waals surface area contributed by atoms with Crippen LogP contribution in [0.4, 0.5) is 11.6 Å². The van der Waals surface area contributed by atoms with Gasteiger partial charge < -0.3 is 24.8 Å². The topological polar surface area (TPSA) is 97.6 Å². The largest absolute Gasteiger partial charge is 0.384 e. The summed E-state index contributed by atoms with van der Waals surface area (Å²) >= 11 is 0. The van der Waals surface area contributed by atoms with E-state index in [1.165, 1.54) is 0 Å². The Morgan fingerprint density at radius 3 is 2.64 bits per heavy atom. The number of piperazine rings is 2. The average Bonchev–Trinajstić information content (AvgIpc) is 3.77. The lowest BCUT2D eigenvalue weighted by atomic mass is 10.00. The minimum Gasteiger partial charge on any atom is -0.384 e. The molecule has 0 bridgehead atoms. The summed E-state index contributed by atoms with van der Waals surface area (Å²) in [5.41, 5.74) is 3.66. The fourth-order valence-electron chi connectivity index (χ4n) is 5.22. The van der Waals surface area contributed by atoms with Crippen molar-refractivity contribution in [2.45, 2.75) is 38.1 Å². The van der Waals surface area contributed by atoms with E-state index in [1.54, 1.807) is 7.11 Å². The van der Waals surface area contributed by atoms with Crippen LogP contribution >= 0.6 is 0 Å². The van der Waals surface area contributed by atoms with Gasteiger partial charge in [-0.2, -0.15) is 5.26 Å². The summed E-state index contributed by atoms with van der Waals surface area (Å²) in [7, 11) is 1.61. The molecule has 3 aliphatic rings. The molecular formula is C27H35N7O2. The first-order chi connectivity index (χ1) is 17.6. The third-order valence-corrected chi connectivity index (χ3v) is 7.38. The van der Waals surface area contributed by atoms with Crippen LogP contribution in [0.25, 0.3) is 11.1 Å². The van der Waals surface area contributed by atoms with Gasteiger partial charge in [-0.1, -0.05) is 0 Å². The molecule has 2 aliphatic heterocycles. The first kappa shape index (κ1) is 24.5. The summed E-state index contributed by atoms with van der Waals surface area (Å²) < 4.78 is 5.07. The Morgan fingerprint density at radius 1 is 1.19 bits per heavy atom. The summed E-state index contributed by atoms with van der Waals surface area (Å²) in [5, 5.41) is 13.4. The van der Waals surface area contributed by atoms with Gasteiger partial charge >= 0.3 is 0 Å². The minimum absolute atomic E-state index is 0.0437. The van der Waals surface area contributed by atoms with Crippen molar-refractivity contribution >= 4 is 17.5 Å². The summed E-state index contributed by atoms with van der Waals surface area (Å²) in [5.74, 6) is 2.27. The lowest BCUT2D eigenvalue weighted by Gasteiger charge is -2.41. The van der Waals surface area contributed by atoms with E-state index in [4.69, 9.17) is 14.7 Å². The van der Waals surface area contributed by atoms with Crippen LogP contribution in [0.5, 0.6) is 0 Å². The van der Waals surface area contributed by atoms with Gasteiger partial charge in [0.25, 0.3) is 0 Å². The molecule has 1 amide bonds. The molecule has 2 saturated heterocycles. The fourth-order valence-corrected chi connectivity index (χ4v) is 5.22. The molecule has 1 atom stereocenters. The number of aromatic nitrogens is 2. The fraction of sp³-hybridized carbons (Fsp3) is 0.556. The summed E-state index contributed by atoms with van der Waals surface area (Å²) in [6.07, 6.45) is 4.56. The number of anilines is 2. The molecule has 1 saturated carbocycles. The van der Waals surface area contributed by atoms with Crippen LogP contribution in [0.1, 0.15) is 43.4 Å². The highest BCUT2D eigenvalue weighted by atomic mass is 16.5. The Bertz CT molecular complexity index is 1120. The number of amides is 1. The second kappa shape index (κ2) is 10.8. The van der Waals surface area contributed by atoms with Gasteiger partial charge in [0.2, 0.25) is 5.91 Å². The SMILES string of the molecule is COCCC(=O)N1CCN(c2nc(C3CC3)c(-c3ccc(N4CCNCC4)nc3)cc2C#N)C[C@H]1C. The molecule has 1 aliphatic carbocycles. The smallest absolute Gasteiger partial charge is 0.225 e. The van der Waals surface area contributed by atoms with Crippen LogP contribution in [-0.2, 0) is 9.53 Å². The Morgan fingerprint density at radius 2 is 2.00 bits per heavy atom. The van der Waals surface area contributed by atoms with Gasteiger partial charge in [-0.15, -0.1) is 0 Å². The van der Waals surface area contributed by atoms with E-state index < -0.39 is 0 Å². The van der Waals surface area contributed by atoms with Crippen molar-refractivity contribution in [1.82, 2.24) is 20.2 Å². The molecule has 0 unspecified atom stereocenters. The highest BCUT2D eigenvalue weighted by molar-refractivity contribution is 5.77. The van der Waals surface area contributed by atoms with E-state index in [0.29, 0.717) is 44.1 Å². The lowest BCUT2D eigenvalue weighted by Crippen LogP contribution is -2.54. The molecule has 190 valence electrons. The molecule has 0 aromatic carbocycles. The molecule has 3 fully saturated rings. The molecule has 0 radical (unpaired) electrons. The monoisotopic (exact) mass is 489 g/mol. The maximum Gasteiger partial charge on any atom is 0.225 e. The number of hydrogen-bond donors (Lipinski definition) is 1. The maximum atomic E-state index is 12.6. The molecular weight excluding hydrogens is 454 g/mol. The van der Waals surface area contributed by atoms with E-state index in [2.05, 4.69) is 40.2 Å². The lowest BCUT2D eigenvalue weighted by molar-refractivity contribution is -0.134. The molecule has 0 spiro atoms. The number of ether oxygens (including phenoxy) is 1. The number of carbonyl (C=O) groups is 1. The molecule has 4 heterocycles. The Balaban J connectivity index is 1.39. The van der Waals surface area contributed by atoms with Crippen LogP contribution in [0.15, 0.2) is 24.4 Å². The third kappa shape index (κ3) is 5.15. The van der Waals surface area contributed by atoms with E-state index >= 15 is 0 Å². The summed E-state index contributed by atoms with van der Waals surface area (Å²) in [6, 6.07) is 8.63. The normalized spacial score (nSPS) is 20.4. The highest BCUT2D eigenvalue weighted by Crippen LogP contribution is 2.45. The van der Waals surface area contributed by atoms with Gasteiger partial charge in [0.05, 0.1) is 24.3 Å². The number of methoxy groups -OCH3 is 1. The second-order valence-corrected chi connectivity index (χ2v) is 9.95. The maximum absolute atomic E-state index is 12.6. The van der Waals surface area contributed by atoms with E-state index in [0.717, 1.165) is 67.5 Å². The number of nitriles is 1. The first-order valence-corrected chi connectivity index (χ1v) is 13.0. The quantitative estimate of drug-likeness (QED) is 0.633. The number of nitrogens with one attached hydrogen (secondary N) is 1. The van der Waals surface area contributed by atoms with Crippen molar-refractivity contribution in [2.75, 3.05) is 69.3 Å². The molecule has 9 nitrogen and oxygen atoms in total. The molecule has 36 heavy (non-hydrogen) atoms. The predicted molar refractivity (Wildman–Crippen MR) is 139 cm³/mol. The van der Waals surface area contributed by atoms with Crippen LogP contribution in [0, 0.1) is 11.3 Å². The predicted octanol–water partition coefficient (Wildman–Crippen LogP) is 2.38. The summed E-state index contributed by atoms with van der Waals surface area (Å²) in [4.78, 5) is 28.8. The van der Waals surface area contributed by atoms with Gasteiger partial charge in [0.15, 0.2) is 0 Å². The Labute approximate surface area is 213 Å². The number of rotatable bonds is 7. The van der Waals surface area contributed by atoms with E-state index in [-0.39, 0.29) is 11.9 Å². The van der Waals surface area contributed by atoms with Crippen LogP contribution in [0.2, 0.25) is 0 Å². The molecule has 5 rings (SSSR count). The van der Waals surface area contributed by atoms with Gasteiger partial charge in [-0.25, -0.2) is 9.97 Å². The van der Waals surface area contributed by atoms with Crippen molar-refractivity contribution < 1.29 is 9.53 Å². The van der Waals surface area contributed by atoms with Gasteiger partial charge in [-0.3, -0.25) is 4.79 Å². The van der Waals surface area contributed by atoms with E-state index in [9.17, 15) is 10.1 Å². The van der Waals surface area contributed by atoms with Crippen molar-refractivity contribution in [1.29, 1.82) is 5.26 Å². The van der Waals surface area contributed by atoms with Crippen molar-refractivity contribution in [2.24, 2.45) is 0 Å². The molecule has 2 aromatic heterocycles. The minimum atomic E-state index is 0.0437. The van der Waals surface area contributed by atoms with Crippen molar-refractivity contribution in [3.63, 3.8) is 0 Å². The third-order valence-electron chi connectivity index (χ3n) is 7.38. The average molecular weight is 490 g/mol. The zero-order chi connectivity index (χ0) is 25.1. The van der Waals surface area contributed by atoms with Gasteiger partial charge in [-0.05, 0) is 38.0 Å². The first-order valence-electron chi connectivity index (χ1n) is 13.0. The second-order valence-electron chi connectivity index (χ2n) is 9.95. The molecule has 1 N–H and O–H groups in total. The standard InChI is InChI=1S/C27H35N7O2/c1-19-18-33(12-13-34(19)25(35)7-14-36-2)27-22(16-28)15-23(26(31-27)20-3-4-20)21-5-6-24(30-17-21)32-10-8-29-9-11-32/h5-6,15,17,19-20,29H,3-4,7-14,18H2,1-2H3/t19-/m1/s1. The van der Waals surface area contributed by atoms with E-state index in [1.807, 2.05) is 17.2 Å². The van der Waals surface area contributed by atoms with Crippen LogP contribution in [-0.4, -0.2) is 86.3 Å². The van der Waals surface area contributed by atoms with Crippen LogP contribution < -0.4 is 15.1 Å². The van der Waals surface area contributed by atoms with Gasteiger partial charge in [0.1, 0.15) is 17.7 Å². The zero-order valence-electron chi connectivity index (χ0n) is 21.2. The number of hydrogen-bond acceptors (Lipinski definition) is 8. The molecule has 2 aromatic rings. The summed E-state index contributed by atoms with van der Waals surface area (Å²) in [6.45, 7) is 8.29. The Kier molecular flexibility index (Phi) is 7.35. The number of nitrogens with zero attached hydrogens (tertiary/aromatic N) is 6. The van der Waals surface area contributed by atoms with Crippen molar-refractivity contribution in [3.05, 3.63) is 35.7 Å². The zero-order valence-corrected chi connectivity index (χ0v) is 21.2. The Hall–Kier alpha value is -3.22. The number of pyridine rings is 2. The van der Waals surface area contributed by atoms with Gasteiger partial charge in [0, 0.05) is 82.2 Å². The van der Waals surface area contributed by atoms with Crippen molar-refractivity contribution in [3.8, 4) is 17.2 Å². The highest BCUT2D eigenvalue weighted by Gasteiger charge is 2.33. The number of carbonyl (C=O) groups excluding carboxylic acids is 1.